The molecule has 1 saturated carbocycles. The van der Waals surface area contributed by atoms with E-state index in [9.17, 15) is 17.6 Å². The van der Waals surface area contributed by atoms with Crippen LogP contribution >= 0.6 is 12.4 Å². The molecule has 24 heavy (non-hydrogen) atoms. The van der Waals surface area contributed by atoms with Crippen LogP contribution in [-0.2, 0) is 6.18 Å². The van der Waals surface area contributed by atoms with Crippen LogP contribution in [0.4, 0.5) is 17.6 Å². The van der Waals surface area contributed by atoms with Crippen LogP contribution in [-0.4, -0.2) is 31.1 Å². The van der Waals surface area contributed by atoms with E-state index in [0.717, 1.165) is 70.1 Å². The van der Waals surface area contributed by atoms with Gasteiger partial charge in [-0.2, -0.15) is 13.2 Å². The molecule has 0 unspecified atom stereocenters. The highest BCUT2D eigenvalue weighted by molar-refractivity contribution is 5.85. The van der Waals surface area contributed by atoms with Crippen molar-refractivity contribution in [3.8, 4) is 0 Å². The van der Waals surface area contributed by atoms with Crippen LogP contribution in [0.3, 0.4) is 0 Å². The number of benzene rings is 1. The van der Waals surface area contributed by atoms with Gasteiger partial charge >= 0.3 is 6.18 Å². The number of nitrogens with zero attached hydrogens (tertiary/aromatic N) is 1. The summed E-state index contributed by atoms with van der Waals surface area (Å²) in [6.45, 7) is 3.08. The molecule has 136 valence electrons. The number of halogens is 5. The second-order valence-corrected chi connectivity index (χ2v) is 6.51. The Morgan fingerprint density at radius 1 is 1.08 bits per heavy atom. The lowest BCUT2D eigenvalue weighted by Crippen LogP contribution is -2.47. The van der Waals surface area contributed by atoms with Crippen LogP contribution in [0.25, 0.3) is 0 Å². The Balaban J connectivity index is 0.00000208. The van der Waals surface area contributed by atoms with Crippen molar-refractivity contribution in [3.63, 3.8) is 0 Å². The van der Waals surface area contributed by atoms with E-state index in [-0.39, 0.29) is 29.9 Å². The predicted octanol–water partition coefficient (Wildman–Crippen LogP) is 4.40. The topological polar surface area (TPSA) is 15.3 Å². The zero-order valence-electron chi connectivity index (χ0n) is 13.4. The summed E-state index contributed by atoms with van der Waals surface area (Å²) in [4.78, 5) is 2.16. The maximum Gasteiger partial charge on any atom is 0.416 e. The highest BCUT2D eigenvalue weighted by atomic mass is 35.5. The van der Waals surface area contributed by atoms with Gasteiger partial charge in [0.25, 0.3) is 0 Å². The van der Waals surface area contributed by atoms with Crippen molar-refractivity contribution in [1.82, 2.24) is 10.2 Å². The Bertz CT molecular complexity index is 538. The Labute approximate surface area is 146 Å². The highest BCUT2D eigenvalue weighted by Gasteiger charge is 2.36. The molecule has 0 spiro atoms. The van der Waals surface area contributed by atoms with E-state index in [1.54, 1.807) is 0 Å². The molecule has 0 amide bonds. The van der Waals surface area contributed by atoms with Gasteiger partial charge in [0.2, 0.25) is 0 Å². The Morgan fingerprint density at radius 2 is 1.71 bits per heavy atom. The van der Waals surface area contributed by atoms with Crippen molar-refractivity contribution in [1.29, 1.82) is 0 Å². The van der Waals surface area contributed by atoms with Crippen molar-refractivity contribution in [2.45, 2.75) is 37.9 Å². The van der Waals surface area contributed by atoms with E-state index in [1.807, 2.05) is 0 Å². The third-order valence-electron chi connectivity index (χ3n) is 5.03. The third kappa shape index (κ3) is 4.21. The fourth-order valence-electron chi connectivity index (χ4n) is 3.93. The SMILES string of the molecule is Cl.Fc1ccc(C(F)(F)F)cc1[C@H](C1CCCC1)N1CCNCC1. The molecule has 1 aromatic rings. The zero-order chi connectivity index (χ0) is 16.4. The van der Waals surface area contributed by atoms with Crippen molar-refractivity contribution in [3.05, 3.63) is 35.1 Å². The molecule has 7 heteroatoms. The van der Waals surface area contributed by atoms with Gasteiger partial charge in [0.1, 0.15) is 5.82 Å². The van der Waals surface area contributed by atoms with Gasteiger partial charge in [-0.25, -0.2) is 4.39 Å². The molecule has 0 bridgehead atoms. The van der Waals surface area contributed by atoms with Gasteiger partial charge < -0.3 is 5.32 Å². The van der Waals surface area contributed by atoms with Crippen LogP contribution in [0.5, 0.6) is 0 Å². The number of nitrogens with one attached hydrogen (secondary N) is 1. The van der Waals surface area contributed by atoms with Gasteiger partial charge in [0, 0.05) is 37.8 Å². The Kier molecular flexibility index (Phi) is 6.51. The number of hydrogen-bond acceptors (Lipinski definition) is 2. The molecule has 0 radical (unpaired) electrons. The third-order valence-corrected chi connectivity index (χ3v) is 5.03. The van der Waals surface area contributed by atoms with E-state index < -0.39 is 17.6 Å². The summed E-state index contributed by atoms with van der Waals surface area (Å²) in [5.74, 6) is -0.278. The Morgan fingerprint density at radius 3 is 2.29 bits per heavy atom. The van der Waals surface area contributed by atoms with Crippen LogP contribution in [0.15, 0.2) is 18.2 Å². The smallest absolute Gasteiger partial charge is 0.314 e. The lowest BCUT2D eigenvalue weighted by Gasteiger charge is -2.39. The number of piperazine rings is 1. The Hall–Kier alpha value is -0.850. The lowest BCUT2D eigenvalue weighted by molar-refractivity contribution is -0.137. The van der Waals surface area contributed by atoms with Gasteiger partial charge in [-0.3, -0.25) is 4.90 Å². The fraction of sp³-hybridized carbons (Fsp3) is 0.647. The maximum atomic E-state index is 14.4. The molecule has 2 aliphatic rings. The highest BCUT2D eigenvalue weighted by Crippen LogP contribution is 2.42. The molecule has 1 aliphatic carbocycles. The molecule has 1 heterocycles. The van der Waals surface area contributed by atoms with Crippen molar-refractivity contribution in [2.75, 3.05) is 26.2 Å². The summed E-state index contributed by atoms with van der Waals surface area (Å²) < 4.78 is 53.5. The first-order valence-electron chi connectivity index (χ1n) is 8.28. The average Bonchev–Trinajstić information content (AvgIpc) is 3.03. The minimum absolute atomic E-state index is 0. The number of alkyl halides is 3. The largest absolute Gasteiger partial charge is 0.416 e. The maximum absolute atomic E-state index is 14.4. The summed E-state index contributed by atoms with van der Waals surface area (Å²) in [7, 11) is 0. The second-order valence-electron chi connectivity index (χ2n) is 6.51. The molecule has 1 saturated heterocycles. The summed E-state index contributed by atoms with van der Waals surface area (Å²) >= 11 is 0. The molecule has 2 nitrogen and oxygen atoms in total. The molecule has 1 aliphatic heterocycles. The van der Waals surface area contributed by atoms with Gasteiger partial charge in [-0.05, 0) is 37.0 Å². The standard InChI is InChI=1S/C17H22F4N2.ClH/c18-15-6-5-13(17(19,20)21)11-14(15)16(12-3-1-2-4-12)23-9-7-22-8-10-23;/h5-6,11-12,16,22H,1-4,7-10H2;1H/t16-;/m0./s1. The monoisotopic (exact) mass is 366 g/mol. The molecular weight excluding hydrogens is 344 g/mol. The average molecular weight is 367 g/mol. The van der Waals surface area contributed by atoms with Crippen LogP contribution in [0.2, 0.25) is 0 Å². The van der Waals surface area contributed by atoms with Crippen molar-refractivity contribution in [2.24, 2.45) is 5.92 Å². The van der Waals surface area contributed by atoms with Crippen LogP contribution in [0, 0.1) is 11.7 Å². The minimum atomic E-state index is -4.44. The number of hydrogen-bond donors (Lipinski definition) is 1. The van der Waals surface area contributed by atoms with Gasteiger partial charge in [0.15, 0.2) is 0 Å². The molecule has 1 atom stereocenters. The molecular formula is C17H23ClF4N2. The minimum Gasteiger partial charge on any atom is -0.314 e. The summed E-state index contributed by atoms with van der Waals surface area (Å²) in [6.07, 6.45) is -0.359. The zero-order valence-corrected chi connectivity index (χ0v) is 14.2. The van der Waals surface area contributed by atoms with E-state index in [2.05, 4.69) is 10.2 Å². The summed E-state index contributed by atoms with van der Waals surface area (Å²) in [5, 5.41) is 3.25. The molecule has 3 rings (SSSR count). The molecule has 0 aromatic heterocycles. The van der Waals surface area contributed by atoms with E-state index in [0.29, 0.717) is 0 Å². The summed E-state index contributed by atoms with van der Waals surface area (Å²) in [5.41, 5.74) is -0.541. The first-order chi connectivity index (χ1) is 11.0. The van der Waals surface area contributed by atoms with Gasteiger partial charge in [0.05, 0.1) is 5.56 Å². The van der Waals surface area contributed by atoms with Crippen LogP contribution < -0.4 is 5.32 Å². The van der Waals surface area contributed by atoms with Crippen LogP contribution in [0.1, 0.15) is 42.9 Å². The van der Waals surface area contributed by atoms with Gasteiger partial charge in [-0.15, -0.1) is 12.4 Å². The molecule has 1 aromatic carbocycles. The fourth-order valence-corrected chi connectivity index (χ4v) is 3.93. The first-order valence-corrected chi connectivity index (χ1v) is 8.28. The first kappa shape index (κ1) is 19.5. The van der Waals surface area contributed by atoms with Gasteiger partial charge in [-0.1, -0.05) is 12.8 Å². The van der Waals surface area contributed by atoms with Crippen molar-refractivity contribution < 1.29 is 17.6 Å². The second kappa shape index (κ2) is 8.02. The van der Waals surface area contributed by atoms with Crippen molar-refractivity contribution >= 4 is 12.4 Å². The summed E-state index contributed by atoms with van der Waals surface area (Å²) in [6, 6.07) is 2.59. The van der Waals surface area contributed by atoms with E-state index in [1.165, 1.54) is 0 Å². The van der Waals surface area contributed by atoms with E-state index in [4.69, 9.17) is 0 Å². The normalized spacial score (nSPS) is 21.5. The molecule has 1 N–H and O–H groups in total. The number of rotatable bonds is 3. The lowest BCUT2D eigenvalue weighted by atomic mass is 9.88. The quantitative estimate of drug-likeness (QED) is 0.797. The van der Waals surface area contributed by atoms with E-state index >= 15 is 0 Å². The molecule has 2 fully saturated rings. The predicted molar refractivity (Wildman–Crippen MR) is 87.8 cm³/mol.